The molecule has 0 aliphatic heterocycles. The van der Waals surface area contributed by atoms with E-state index in [2.05, 4.69) is 5.32 Å². The zero-order valence-corrected chi connectivity index (χ0v) is 16.5. The molecule has 1 atom stereocenters. The summed E-state index contributed by atoms with van der Waals surface area (Å²) in [5.41, 5.74) is 0.815. The molecule has 1 aromatic heterocycles. The van der Waals surface area contributed by atoms with Crippen LogP contribution in [0.5, 0.6) is 0 Å². The number of hydrogen-bond acceptors (Lipinski definition) is 8. The van der Waals surface area contributed by atoms with Crippen LogP contribution in [0.2, 0.25) is 0 Å². The molecule has 1 N–H and O–H groups in total. The van der Waals surface area contributed by atoms with Gasteiger partial charge >= 0.3 is 17.9 Å². The first kappa shape index (κ1) is 21.1. The number of carbonyl (C=O) groups excluding carboxylic acids is 4. The SMILES string of the molecule is COC(=O)c1sc(NC(=O)C(OC(C)=O)c2ccccc2)c(C(=O)OC)c1C. The van der Waals surface area contributed by atoms with Crippen LogP contribution in [0.15, 0.2) is 30.3 Å². The highest BCUT2D eigenvalue weighted by Crippen LogP contribution is 2.35. The Balaban J connectivity index is 2.44. The number of carbonyl (C=O) groups is 4. The second-order valence-corrected chi connectivity index (χ2v) is 6.65. The number of anilines is 1. The van der Waals surface area contributed by atoms with E-state index in [-0.39, 0.29) is 15.4 Å². The van der Waals surface area contributed by atoms with Crippen LogP contribution >= 0.6 is 11.3 Å². The van der Waals surface area contributed by atoms with Gasteiger partial charge in [-0.05, 0) is 12.5 Å². The molecule has 0 saturated heterocycles. The van der Waals surface area contributed by atoms with Gasteiger partial charge in [0.25, 0.3) is 5.91 Å². The minimum atomic E-state index is -1.23. The molecular weight excluding hydrogens is 386 g/mol. The summed E-state index contributed by atoms with van der Waals surface area (Å²) < 4.78 is 14.6. The Hall–Kier alpha value is -3.20. The number of ether oxygens (including phenoxy) is 3. The number of rotatable bonds is 6. The summed E-state index contributed by atoms with van der Waals surface area (Å²) in [5.74, 6) is -2.69. The summed E-state index contributed by atoms with van der Waals surface area (Å²) in [6.45, 7) is 2.74. The Morgan fingerprint density at radius 1 is 1.00 bits per heavy atom. The third-order valence-electron chi connectivity index (χ3n) is 3.77. The Morgan fingerprint density at radius 3 is 2.14 bits per heavy atom. The summed E-state index contributed by atoms with van der Waals surface area (Å²) in [6.07, 6.45) is -1.23. The third-order valence-corrected chi connectivity index (χ3v) is 4.96. The fourth-order valence-electron chi connectivity index (χ4n) is 2.48. The van der Waals surface area contributed by atoms with Crippen LogP contribution in [0.4, 0.5) is 5.00 Å². The largest absolute Gasteiger partial charge is 0.465 e. The summed E-state index contributed by atoms with van der Waals surface area (Å²) in [7, 11) is 2.40. The maximum atomic E-state index is 12.8. The van der Waals surface area contributed by atoms with Crippen LogP contribution < -0.4 is 5.32 Å². The molecule has 1 heterocycles. The number of nitrogens with one attached hydrogen (secondary N) is 1. The fourth-order valence-corrected chi connectivity index (χ4v) is 3.60. The van der Waals surface area contributed by atoms with E-state index < -0.39 is 29.9 Å². The van der Waals surface area contributed by atoms with Gasteiger partial charge in [0.1, 0.15) is 9.88 Å². The minimum Gasteiger partial charge on any atom is -0.465 e. The van der Waals surface area contributed by atoms with Crippen LogP contribution in [-0.4, -0.2) is 38.0 Å². The topological polar surface area (TPSA) is 108 Å². The normalized spacial score (nSPS) is 11.3. The average Bonchev–Trinajstić information content (AvgIpc) is 3.01. The molecule has 0 aliphatic carbocycles. The van der Waals surface area contributed by atoms with Gasteiger partial charge in [0, 0.05) is 12.5 Å². The minimum absolute atomic E-state index is 0.0379. The summed E-state index contributed by atoms with van der Waals surface area (Å²) in [4.78, 5) is 48.6. The third kappa shape index (κ3) is 4.55. The van der Waals surface area contributed by atoms with Gasteiger partial charge < -0.3 is 19.5 Å². The second-order valence-electron chi connectivity index (χ2n) is 5.63. The first-order chi connectivity index (χ1) is 13.3. The van der Waals surface area contributed by atoms with Crippen molar-refractivity contribution in [3.8, 4) is 0 Å². The van der Waals surface area contributed by atoms with Gasteiger partial charge in [-0.3, -0.25) is 9.59 Å². The summed E-state index contributed by atoms with van der Waals surface area (Å²) in [6, 6.07) is 8.42. The van der Waals surface area contributed by atoms with E-state index in [0.29, 0.717) is 11.1 Å². The number of benzene rings is 1. The molecule has 8 nitrogen and oxygen atoms in total. The lowest BCUT2D eigenvalue weighted by Gasteiger charge is -2.17. The Labute approximate surface area is 165 Å². The predicted octanol–water partition coefficient (Wildman–Crippen LogP) is 2.87. The van der Waals surface area contributed by atoms with Crippen LogP contribution in [0, 0.1) is 6.92 Å². The Bertz CT molecular complexity index is 905. The smallest absolute Gasteiger partial charge is 0.348 e. The number of methoxy groups -OCH3 is 2. The molecule has 28 heavy (non-hydrogen) atoms. The molecule has 2 aromatic rings. The molecule has 0 aliphatic rings. The first-order valence-electron chi connectivity index (χ1n) is 8.13. The van der Waals surface area contributed by atoms with Crippen molar-refractivity contribution >= 4 is 40.2 Å². The number of esters is 3. The second kappa shape index (κ2) is 9.14. The zero-order chi connectivity index (χ0) is 20.8. The molecule has 1 unspecified atom stereocenters. The van der Waals surface area contributed by atoms with Gasteiger partial charge in [0.15, 0.2) is 0 Å². The van der Waals surface area contributed by atoms with Crippen LogP contribution in [0.25, 0.3) is 0 Å². The predicted molar refractivity (Wildman–Crippen MR) is 101 cm³/mol. The highest BCUT2D eigenvalue weighted by Gasteiger charge is 2.30. The zero-order valence-electron chi connectivity index (χ0n) is 15.7. The van der Waals surface area contributed by atoms with E-state index in [1.807, 2.05) is 0 Å². The number of thiophene rings is 1. The van der Waals surface area contributed by atoms with E-state index in [1.54, 1.807) is 37.3 Å². The van der Waals surface area contributed by atoms with Gasteiger partial charge in [0.05, 0.1) is 19.8 Å². The molecular formula is C19H19NO7S. The van der Waals surface area contributed by atoms with E-state index in [4.69, 9.17) is 14.2 Å². The molecule has 0 spiro atoms. The monoisotopic (exact) mass is 405 g/mol. The average molecular weight is 405 g/mol. The highest BCUT2D eigenvalue weighted by molar-refractivity contribution is 7.18. The Kier molecular flexibility index (Phi) is 6.89. The molecule has 1 amide bonds. The van der Waals surface area contributed by atoms with Crippen molar-refractivity contribution in [2.75, 3.05) is 19.5 Å². The molecule has 0 radical (unpaired) electrons. The lowest BCUT2D eigenvalue weighted by molar-refractivity contribution is -0.152. The number of amides is 1. The fraction of sp³-hybridized carbons (Fsp3) is 0.263. The highest BCUT2D eigenvalue weighted by atomic mass is 32.1. The quantitative estimate of drug-likeness (QED) is 0.581. The molecule has 2 rings (SSSR count). The van der Waals surface area contributed by atoms with Gasteiger partial charge in [-0.2, -0.15) is 0 Å². The Morgan fingerprint density at radius 2 is 1.61 bits per heavy atom. The summed E-state index contributed by atoms with van der Waals surface area (Å²) >= 11 is 0.875. The lowest BCUT2D eigenvalue weighted by Crippen LogP contribution is -2.25. The first-order valence-corrected chi connectivity index (χ1v) is 8.94. The van der Waals surface area contributed by atoms with Gasteiger partial charge in [-0.15, -0.1) is 11.3 Å². The van der Waals surface area contributed by atoms with E-state index >= 15 is 0 Å². The van der Waals surface area contributed by atoms with Crippen LogP contribution in [0.3, 0.4) is 0 Å². The van der Waals surface area contributed by atoms with E-state index in [0.717, 1.165) is 11.3 Å². The van der Waals surface area contributed by atoms with Crippen molar-refractivity contribution in [1.29, 1.82) is 0 Å². The molecule has 1 aromatic carbocycles. The molecule has 0 bridgehead atoms. The van der Waals surface area contributed by atoms with Crippen molar-refractivity contribution in [1.82, 2.24) is 0 Å². The van der Waals surface area contributed by atoms with E-state index in [9.17, 15) is 19.2 Å². The molecule has 9 heteroatoms. The van der Waals surface area contributed by atoms with Gasteiger partial charge in [-0.25, -0.2) is 9.59 Å². The van der Waals surface area contributed by atoms with Crippen molar-refractivity contribution < 1.29 is 33.4 Å². The van der Waals surface area contributed by atoms with E-state index in [1.165, 1.54) is 21.1 Å². The van der Waals surface area contributed by atoms with Crippen LogP contribution in [-0.2, 0) is 23.8 Å². The van der Waals surface area contributed by atoms with Gasteiger partial charge in [0.2, 0.25) is 6.10 Å². The molecule has 148 valence electrons. The van der Waals surface area contributed by atoms with Crippen molar-refractivity contribution in [2.45, 2.75) is 20.0 Å². The maximum Gasteiger partial charge on any atom is 0.348 e. The van der Waals surface area contributed by atoms with Crippen molar-refractivity contribution in [3.63, 3.8) is 0 Å². The molecule has 0 fully saturated rings. The molecule has 0 saturated carbocycles. The van der Waals surface area contributed by atoms with Crippen LogP contribution in [0.1, 0.15) is 44.2 Å². The maximum absolute atomic E-state index is 12.8. The van der Waals surface area contributed by atoms with Gasteiger partial charge in [-0.1, -0.05) is 30.3 Å². The van der Waals surface area contributed by atoms with Crippen molar-refractivity contribution in [2.24, 2.45) is 0 Å². The lowest BCUT2D eigenvalue weighted by atomic mass is 10.1. The van der Waals surface area contributed by atoms with Crippen molar-refractivity contribution in [3.05, 3.63) is 51.9 Å². The standard InChI is InChI=1S/C19H19NO7S/c1-10-13(18(23)25-3)17(28-15(10)19(24)26-4)20-16(22)14(27-11(2)21)12-8-6-5-7-9-12/h5-9,14H,1-4H3,(H,20,22). The number of hydrogen-bond donors (Lipinski definition) is 1. The summed E-state index contributed by atoms with van der Waals surface area (Å²) in [5, 5.41) is 2.66.